The first kappa shape index (κ1) is 23.2. The number of carbonyl (C=O) groups excluding carboxylic acids is 1. The van der Waals surface area contributed by atoms with Crippen molar-refractivity contribution in [1.29, 1.82) is 0 Å². The zero-order chi connectivity index (χ0) is 15.0. The third-order valence-electron chi connectivity index (χ3n) is 1.47. The number of likely N-dealkylation sites (N-methyl/N-ethyl adjacent to an activating group) is 2. The molecule has 0 amide bonds. The Balaban J connectivity index is -0.000000219. The first-order chi connectivity index (χ1) is 8.43. The van der Waals surface area contributed by atoms with Gasteiger partial charge in [-0.15, -0.1) is 0 Å². The van der Waals surface area contributed by atoms with Crippen LogP contribution in [0.2, 0.25) is 0 Å². The van der Waals surface area contributed by atoms with Crippen molar-refractivity contribution in [3.63, 3.8) is 0 Å². The van der Waals surface area contributed by atoms with Crippen LogP contribution in [0.4, 0.5) is 0 Å². The molecular weight excluding hydrogens is 353 g/mol. The van der Waals surface area contributed by atoms with Gasteiger partial charge in [0, 0.05) is 13.1 Å². The maximum atomic E-state index is 10.1. The van der Waals surface area contributed by atoms with Crippen LogP contribution in [0.3, 0.4) is 0 Å². The van der Waals surface area contributed by atoms with Gasteiger partial charge in [0.05, 0.1) is 14.2 Å². The van der Waals surface area contributed by atoms with E-state index in [4.69, 9.17) is 0 Å². The van der Waals surface area contributed by atoms with Gasteiger partial charge in [0.15, 0.2) is 0 Å². The minimum atomic E-state index is -0.535. The Morgan fingerprint density at radius 3 is 1.78 bits per heavy atom. The van der Waals surface area contributed by atoms with E-state index >= 15 is 0 Å². The molecule has 0 fully saturated rings. The number of rotatable bonds is 5. The zero-order valence-electron chi connectivity index (χ0n) is 12.2. The van der Waals surface area contributed by atoms with Gasteiger partial charge in [0.1, 0.15) is 5.97 Å². The summed E-state index contributed by atoms with van der Waals surface area (Å²) in [6.45, 7) is 2.29. The second kappa shape index (κ2) is 19.4. The molecule has 0 aromatic carbocycles. The van der Waals surface area contributed by atoms with E-state index in [1.807, 2.05) is 0 Å². The molecule has 0 radical (unpaired) electrons. The molecule has 104 valence electrons. The number of methoxy groups -OCH3 is 2. The van der Waals surface area contributed by atoms with Crippen LogP contribution in [0.5, 0.6) is 0 Å². The van der Waals surface area contributed by atoms with Gasteiger partial charge < -0.3 is 25.3 Å². The molecule has 0 atom stereocenters. The molecule has 0 saturated heterocycles. The van der Waals surface area contributed by atoms with E-state index in [2.05, 4.69) is 67.2 Å². The van der Waals surface area contributed by atoms with E-state index in [-0.39, 0.29) is 0 Å². The summed E-state index contributed by atoms with van der Waals surface area (Å²) in [5.41, 5.74) is 0. The Bertz CT molecular complexity index is 195. The van der Waals surface area contributed by atoms with Crippen molar-refractivity contribution in [2.24, 2.45) is 0 Å². The molecule has 5 nitrogen and oxygen atoms in total. The Morgan fingerprint density at radius 1 is 1.17 bits per heavy atom. The fourth-order valence-corrected chi connectivity index (χ4v) is 0.566. The van der Waals surface area contributed by atoms with Crippen LogP contribution in [-0.4, -0.2) is 71.3 Å². The van der Waals surface area contributed by atoms with E-state index in [1.165, 1.54) is 30.6 Å². The summed E-state index contributed by atoms with van der Waals surface area (Å²) < 4.78 is 8.57. The van der Waals surface area contributed by atoms with Gasteiger partial charge in [-0.05, 0) is 28.2 Å². The predicted octanol–water partition coefficient (Wildman–Crippen LogP) is 1.08. The molecule has 0 rings (SSSR count). The number of halogens is 1. The zero-order valence-corrected chi connectivity index (χ0v) is 16.7. The molecule has 0 unspecified atom stereocenters. The van der Waals surface area contributed by atoms with Crippen LogP contribution in [0.25, 0.3) is 0 Å². The molecule has 7 heteroatoms. The number of hydrogen-bond acceptors (Lipinski definition) is 5. The van der Waals surface area contributed by atoms with Crippen molar-refractivity contribution in [1.82, 2.24) is 9.80 Å². The minimum absolute atomic E-state index is 0.535. The first-order valence-corrected chi connectivity index (χ1v) is 12.1. The molecular formula is C11H23BrN2O3Zn. The van der Waals surface area contributed by atoms with Gasteiger partial charge >= 0.3 is 30.0 Å². The molecule has 0 aromatic heterocycles. The molecule has 0 aliphatic rings. The second-order valence-electron chi connectivity index (χ2n) is 3.60. The van der Waals surface area contributed by atoms with Crippen molar-refractivity contribution < 1.29 is 30.6 Å². The van der Waals surface area contributed by atoms with Crippen LogP contribution in [-0.2, 0) is 30.6 Å². The molecule has 0 saturated carbocycles. The summed E-state index contributed by atoms with van der Waals surface area (Å²) >= 11 is 4.25. The fraction of sp³-hybridized carbons (Fsp3) is 0.727. The van der Waals surface area contributed by atoms with Crippen molar-refractivity contribution in [3.8, 4) is 0 Å². The molecule has 0 aromatic rings. The maximum absolute atomic E-state index is 10.1. The molecule has 0 spiro atoms. The summed E-state index contributed by atoms with van der Waals surface area (Å²) in [7, 11) is 11.1. The third kappa shape index (κ3) is 29.8. The Kier molecular flexibility index (Phi) is 24.9. The van der Waals surface area contributed by atoms with Crippen molar-refractivity contribution in [3.05, 3.63) is 12.3 Å². The number of esters is 1. The normalized spacial score (nSPS) is 9.50. The third-order valence-corrected chi connectivity index (χ3v) is 1.47. The number of hydrogen-bond donors (Lipinski definition) is 0. The van der Waals surface area contributed by atoms with Crippen LogP contribution >= 0.6 is 13.6 Å². The average molecular weight is 377 g/mol. The summed E-state index contributed by atoms with van der Waals surface area (Å²) in [6, 6.07) is 0. The van der Waals surface area contributed by atoms with Crippen LogP contribution in [0.1, 0.15) is 0 Å². The van der Waals surface area contributed by atoms with Gasteiger partial charge in [-0.1, -0.05) is 6.26 Å². The van der Waals surface area contributed by atoms with Crippen molar-refractivity contribution >= 4 is 19.6 Å². The van der Waals surface area contributed by atoms with Crippen molar-refractivity contribution in [2.45, 2.75) is 0 Å². The molecule has 0 bridgehead atoms. The predicted molar refractivity (Wildman–Crippen MR) is 72.9 cm³/mol. The summed E-state index contributed by atoms with van der Waals surface area (Å²) in [6.07, 6.45) is 3.30. The molecule has 0 N–H and O–H groups in total. The number of ether oxygens (including phenoxy) is 2. The van der Waals surface area contributed by atoms with E-state index in [0.717, 1.165) is 19.4 Å². The van der Waals surface area contributed by atoms with Crippen molar-refractivity contribution in [2.75, 3.05) is 55.5 Å². The van der Waals surface area contributed by atoms with Gasteiger partial charge in [0.25, 0.3) is 0 Å². The first-order valence-electron chi connectivity index (χ1n) is 5.19. The van der Waals surface area contributed by atoms with Crippen LogP contribution in [0.15, 0.2) is 6.26 Å². The molecule has 18 heavy (non-hydrogen) atoms. The van der Waals surface area contributed by atoms with Crippen LogP contribution in [0, 0.1) is 6.08 Å². The summed E-state index contributed by atoms with van der Waals surface area (Å²) in [4.78, 5) is 14.5. The van der Waals surface area contributed by atoms with E-state index in [0.29, 0.717) is 0 Å². The summed E-state index contributed by atoms with van der Waals surface area (Å²) in [5, 5.41) is 0. The Hall–Kier alpha value is 0.0334. The molecule has 0 heterocycles. The monoisotopic (exact) mass is 374 g/mol. The van der Waals surface area contributed by atoms with Gasteiger partial charge in [-0.2, -0.15) is 0 Å². The van der Waals surface area contributed by atoms with E-state index in [9.17, 15) is 4.79 Å². The molecule has 0 aliphatic carbocycles. The van der Waals surface area contributed by atoms with E-state index in [1.54, 1.807) is 0 Å². The van der Waals surface area contributed by atoms with Crippen LogP contribution < -0.4 is 0 Å². The summed E-state index contributed by atoms with van der Waals surface area (Å²) in [5.74, 6) is -0.535. The quantitative estimate of drug-likeness (QED) is 0.236. The van der Waals surface area contributed by atoms with Gasteiger partial charge in [0.2, 0.25) is 0 Å². The number of carbonyl (C=O) groups is 1. The topological polar surface area (TPSA) is 42.0 Å². The van der Waals surface area contributed by atoms with E-state index < -0.39 is 5.97 Å². The number of nitrogens with zero attached hydrogens (tertiary/aromatic N) is 2. The average Bonchev–Trinajstić information content (AvgIpc) is 2.36. The van der Waals surface area contributed by atoms with Gasteiger partial charge in [-0.25, -0.2) is 0 Å². The standard InChI is InChI=1S/C6H16N2.C5H7O3.BrH.Zn/c1-7(2)5-6-8(3)4;1-7-4-3-5(6)8-2;;/h5-6H2,1-4H3;4H,1-2H3;1H;/q;-1;;+2/p-1. The SMILES string of the molecule is CN(C)CCN(C)C.COC=[C-]C(=O)OC.[Zn+][Br]. The molecule has 0 aliphatic heterocycles. The Morgan fingerprint density at radius 2 is 1.56 bits per heavy atom. The Labute approximate surface area is 128 Å². The van der Waals surface area contributed by atoms with Gasteiger partial charge in [-0.3, -0.25) is 4.79 Å². The fourth-order valence-electron chi connectivity index (χ4n) is 0.566. The second-order valence-corrected chi connectivity index (χ2v) is 3.60.